The molecule has 1 N–H and O–H groups in total. The van der Waals surface area contributed by atoms with Crippen LogP contribution < -0.4 is 0 Å². The Morgan fingerprint density at radius 2 is 1.59 bits per heavy atom. The highest BCUT2D eigenvalue weighted by Gasteiger charge is 2.51. The van der Waals surface area contributed by atoms with Gasteiger partial charge in [-0.25, -0.2) is 8.42 Å². The van der Waals surface area contributed by atoms with Gasteiger partial charge in [0.2, 0.25) is 0 Å². The number of aliphatic hydroxyl groups excluding tert-OH is 1. The lowest BCUT2D eigenvalue weighted by atomic mass is 9.55. The molecule has 2 aliphatic carbocycles. The normalized spacial score (nSPS) is 29.5. The van der Waals surface area contributed by atoms with Crippen molar-refractivity contribution in [3.8, 4) is 0 Å². The number of benzene rings is 1. The van der Waals surface area contributed by atoms with Gasteiger partial charge in [0.15, 0.2) is 9.84 Å². The third kappa shape index (κ3) is 5.95. The lowest BCUT2D eigenvalue weighted by Crippen LogP contribution is -2.48. The molecule has 2 atom stereocenters. The first-order valence-electron chi connectivity index (χ1n) is 13.2. The average Bonchev–Trinajstić information content (AvgIpc) is 2.75. The molecule has 0 saturated heterocycles. The Labute approximate surface area is 207 Å². The predicted molar refractivity (Wildman–Crippen MR) is 140 cm³/mol. The molecule has 2 fully saturated rings. The number of carbonyl (C=O) groups excluding carboxylic acids is 1. The summed E-state index contributed by atoms with van der Waals surface area (Å²) in [4.78, 5) is 13.9. The zero-order valence-corrected chi connectivity index (χ0v) is 23.0. The Hall–Kier alpha value is -1.20. The number of rotatable bonds is 7. The molecule has 0 bridgehead atoms. The van der Waals surface area contributed by atoms with Crippen molar-refractivity contribution in [1.29, 1.82) is 0 Å². The molecule has 2 aliphatic rings. The first kappa shape index (κ1) is 27.4. The topological polar surface area (TPSA) is 71.4 Å². The maximum atomic E-state index is 13.9. The monoisotopic (exact) mass is 490 g/mol. The van der Waals surface area contributed by atoms with E-state index in [0.29, 0.717) is 31.5 Å². The van der Waals surface area contributed by atoms with Crippen LogP contribution in [0.2, 0.25) is 0 Å². The molecule has 4 nitrogen and oxygen atoms in total. The van der Waals surface area contributed by atoms with Crippen molar-refractivity contribution in [3.63, 3.8) is 0 Å². The summed E-state index contributed by atoms with van der Waals surface area (Å²) in [5.74, 6) is 0.846. The molecule has 192 valence electrons. The fraction of sp³-hybridized carbons (Fsp3) is 0.759. The van der Waals surface area contributed by atoms with E-state index in [1.165, 1.54) is 11.1 Å². The van der Waals surface area contributed by atoms with E-state index in [1.54, 1.807) is 0 Å². The molecule has 0 aliphatic heterocycles. The fourth-order valence-corrected chi connectivity index (χ4v) is 8.89. The minimum atomic E-state index is -3.23. The number of Topliss-reactive ketones (excluding diaryl/α,β-unsaturated/α-hetero) is 1. The smallest absolute Gasteiger partial charge is 0.151 e. The van der Waals surface area contributed by atoms with Gasteiger partial charge in [0.05, 0.1) is 11.5 Å². The standard InChI is InChI=1S/C29H46O4S/c1-21(2)18-34(32,33)20-28(19-30)14-16-29(17-15-28)13-7-8-25(26(29)31)22(3)23-9-11-24(12-10-23)27(4,5)6/h9-12,21-22,25,30H,7-8,13-20H2,1-6H3. The van der Waals surface area contributed by atoms with E-state index in [0.717, 1.165) is 19.3 Å². The van der Waals surface area contributed by atoms with Crippen molar-refractivity contribution in [3.05, 3.63) is 35.4 Å². The van der Waals surface area contributed by atoms with Gasteiger partial charge in [-0.2, -0.15) is 0 Å². The van der Waals surface area contributed by atoms with Gasteiger partial charge < -0.3 is 5.11 Å². The highest BCUT2D eigenvalue weighted by atomic mass is 32.2. The molecule has 2 unspecified atom stereocenters. The minimum Gasteiger partial charge on any atom is -0.396 e. The van der Waals surface area contributed by atoms with Crippen molar-refractivity contribution in [2.75, 3.05) is 18.1 Å². The third-order valence-corrected chi connectivity index (χ3v) is 10.9. The number of hydrogen-bond donors (Lipinski definition) is 1. The van der Waals surface area contributed by atoms with E-state index >= 15 is 0 Å². The van der Waals surface area contributed by atoms with Crippen molar-refractivity contribution in [1.82, 2.24) is 0 Å². The Morgan fingerprint density at radius 1 is 1.00 bits per heavy atom. The van der Waals surface area contributed by atoms with Crippen LogP contribution in [0.15, 0.2) is 24.3 Å². The van der Waals surface area contributed by atoms with Crippen LogP contribution in [0, 0.1) is 22.7 Å². The second kappa shape index (κ2) is 10.0. The van der Waals surface area contributed by atoms with Crippen LogP contribution in [-0.2, 0) is 20.0 Å². The molecule has 0 aromatic heterocycles. The van der Waals surface area contributed by atoms with Crippen LogP contribution in [-0.4, -0.2) is 37.4 Å². The molecule has 5 heteroatoms. The molecule has 2 saturated carbocycles. The van der Waals surface area contributed by atoms with Crippen LogP contribution in [0.4, 0.5) is 0 Å². The van der Waals surface area contributed by atoms with E-state index in [2.05, 4.69) is 52.0 Å². The van der Waals surface area contributed by atoms with Crippen LogP contribution >= 0.6 is 0 Å². The largest absolute Gasteiger partial charge is 0.396 e. The Balaban J connectivity index is 1.73. The molecule has 3 rings (SSSR count). The molecule has 1 aromatic rings. The first-order valence-corrected chi connectivity index (χ1v) is 15.0. The minimum absolute atomic E-state index is 0.0144. The highest BCUT2D eigenvalue weighted by Crippen LogP contribution is 2.54. The summed E-state index contributed by atoms with van der Waals surface area (Å²) in [7, 11) is -3.23. The highest BCUT2D eigenvalue weighted by molar-refractivity contribution is 7.91. The van der Waals surface area contributed by atoms with Gasteiger partial charge in [0, 0.05) is 23.4 Å². The lowest BCUT2D eigenvalue weighted by Gasteiger charge is -2.49. The Bertz CT molecular complexity index is 945. The molecular weight excluding hydrogens is 444 g/mol. The van der Waals surface area contributed by atoms with Crippen LogP contribution in [0.25, 0.3) is 0 Å². The zero-order chi connectivity index (χ0) is 25.4. The van der Waals surface area contributed by atoms with Crippen molar-refractivity contribution in [2.45, 2.75) is 97.8 Å². The lowest BCUT2D eigenvalue weighted by molar-refractivity contribution is -0.141. The Kier molecular flexibility index (Phi) is 8.09. The van der Waals surface area contributed by atoms with Gasteiger partial charge in [-0.1, -0.05) is 72.2 Å². The number of carbonyl (C=O) groups is 1. The summed E-state index contributed by atoms with van der Waals surface area (Å²) < 4.78 is 25.4. The quantitative estimate of drug-likeness (QED) is 0.504. The Morgan fingerprint density at radius 3 is 2.09 bits per heavy atom. The maximum Gasteiger partial charge on any atom is 0.151 e. The summed E-state index contributed by atoms with van der Waals surface area (Å²) in [5.41, 5.74) is 1.69. The summed E-state index contributed by atoms with van der Waals surface area (Å²) in [6.07, 6.45) is 5.51. The SMILES string of the molecule is CC(C)CS(=O)(=O)CC1(CO)CCC2(CCCC(C(C)c3ccc(C(C)(C)C)cc3)C2=O)CC1. The van der Waals surface area contributed by atoms with Gasteiger partial charge in [0.1, 0.15) is 5.78 Å². The number of ketones is 1. The van der Waals surface area contributed by atoms with Crippen LogP contribution in [0.3, 0.4) is 0 Å². The molecule has 34 heavy (non-hydrogen) atoms. The molecular formula is C29H46O4S. The summed E-state index contributed by atoms with van der Waals surface area (Å²) >= 11 is 0. The van der Waals surface area contributed by atoms with E-state index in [1.807, 2.05) is 13.8 Å². The van der Waals surface area contributed by atoms with E-state index < -0.39 is 15.3 Å². The van der Waals surface area contributed by atoms with Crippen molar-refractivity contribution >= 4 is 15.6 Å². The first-order chi connectivity index (χ1) is 15.7. The molecule has 1 spiro atoms. The molecule has 0 heterocycles. The van der Waals surface area contributed by atoms with E-state index in [4.69, 9.17) is 0 Å². The predicted octanol–water partition coefficient (Wildman–Crippen LogP) is 6.07. The molecule has 0 radical (unpaired) electrons. The van der Waals surface area contributed by atoms with Crippen LogP contribution in [0.5, 0.6) is 0 Å². The second-order valence-corrected chi connectivity index (χ2v) is 15.0. The summed E-state index contributed by atoms with van der Waals surface area (Å²) in [6.45, 7) is 12.5. The second-order valence-electron chi connectivity index (χ2n) is 12.9. The van der Waals surface area contributed by atoms with Crippen molar-refractivity contribution < 1.29 is 18.3 Å². The van der Waals surface area contributed by atoms with Gasteiger partial charge in [0.25, 0.3) is 0 Å². The number of aliphatic hydroxyl groups is 1. The molecule has 0 amide bonds. The molecule has 1 aromatic carbocycles. The summed E-state index contributed by atoms with van der Waals surface area (Å²) in [5, 5.41) is 10.2. The van der Waals surface area contributed by atoms with Gasteiger partial charge in [-0.05, 0) is 66.9 Å². The maximum absolute atomic E-state index is 13.9. The average molecular weight is 491 g/mol. The zero-order valence-electron chi connectivity index (χ0n) is 22.2. The number of sulfone groups is 1. The van der Waals surface area contributed by atoms with Gasteiger partial charge in [-0.3, -0.25) is 4.79 Å². The van der Waals surface area contributed by atoms with Crippen LogP contribution in [0.1, 0.15) is 104 Å². The van der Waals surface area contributed by atoms with Gasteiger partial charge in [-0.15, -0.1) is 0 Å². The number of hydrogen-bond acceptors (Lipinski definition) is 4. The summed E-state index contributed by atoms with van der Waals surface area (Å²) in [6, 6.07) is 8.78. The van der Waals surface area contributed by atoms with Gasteiger partial charge >= 0.3 is 0 Å². The third-order valence-electron chi connectivity index (χ3n) is 8.65. The fourth-order valence-electron chi connectivity index (χ4n) is 6.44. The van der Waals surface area contributed by atoms with E-state index in [9.17, 15) is 18.3 Å². The van der Waals surface area contributed by atoms with E-state index in [-0.39, 0.29) is 46.7 Å². The van der Waals surface area contributed by atoms with Crippen molar-refractivity contribution in [2.24, 2.45) is 22.7 Å².